The number of carbonyl (C=O) groups is 3. The Balaban J connectivity index is 2.32. The zero-order chi connectivity index (χ0) is 26.3. The highest BCUT2D eigenvalue weighted by Gasteiger charge is 2.23. The van der Waals surface area contributed by atoms with Crippen LogP contribution in [0.5, 0.6) is 0 Å². The van der Waals surface area contributed by atoms with Crippen LogP contribution in [0, 0.1) is 11.6 Å². The molecule has 2 rings (SSSR count). The largest absolute Gasteiger partial charge is 0.488 e. The highest BCUT2D eigenvalue weighted by Crippen LogP contribution is 2.31. The summed E-state index contributed by atoms with van der Waals surface area (Å²) in [5, 5.41) is 2.19. The molecule has 0 aliphatic rings. The third-order valence-corrected chi connectivity index (χ3v) is 5.66. The smallest absolute Gasteiger partial charge is 0.329 e. The summed E-state index contributed by atoms with van der Waals surface area (Å²) < 4.78 is 38.3. The molecular weight excluding hydrogens is 476 g/mol. The van der Waals surface area contributed by atoms with Gasteiger partial charge in [-0.25, -0.2) is 13.6 Å². The first kappa shape index (κ1) is 28.0. The lowest BCUT2D eigenvalue weighted by molar-refractivity contribution is -0.144. The molecule has 0 radical (unpaired) electrons. The van der Waals surface area contributed by atoms with Crippen LogP contribution < -0.4 is 5.32 Å². The van der Waals surface area contributed by atoms with E-state index in [1.165, 1.54) is 26.2 Å². The zero-order valence-corrected chi connectivity index (χ0v) is 21.2. The van der Waals surface area contributed by atoms with Gasteiger partial charge in [0.05, 0.1) is 7.11 Å². The summed E-state index contributed by atoms with van der Waals surface area (Å²) in [4.78, 5) is 36.0. The molecule has 0 bridgehead atoms. The van der Waals surface area contributed by atoms with Crippen molar-refractivity contribution < 1.29 is 32.6 Å². The Labute approximate surface area is 208 Å². The van der Waals surface area contributed by atoms with Gasteiger partial charge in [-0.05, 0) is 50.1 Å². The molecule has 1 N–H and O–H groups in total. The molecule has 6 nitrogen and oxygen atoms in total. The Hall–Kier alpha value is -3.20. The van der Waals surface area contributed by atoms with Crippen molar-refractivity contribution in [2.45, 2.75) is 45.8 Å². The van der Waals surface area contributed by atoms with Crippen LogP contribution in [-0.4, -0.2) is 41.5 Å². The van der Waals surface area contributed by atoms with E-state index in [4.69, 9.17) is 4.74 Å². The molecule has 0 fully saturated rings. The van der Waals surface area contributed by atoms with Crippen LogP contribution in [0.15, 0.2) is 43.0 Å². The van der Waals surface area contributed by atoms with Gasteiger partial charge < -0.3 is 14.8 Å². The van der Waals surface area contributed by atoms with E-state index in [1.54, 1.807) is 18.2 Å². The highest BCUT2D eigenvalue weighted by atomic mass is 32.2. The SMILES string of the molecule is C=C(OC(C)(C)C)c1cc(-c2ccc(F)cc2F)ccc1CC(=O)SCC(NC(C)=O)C(=O)OC. The lowest BCUT2D eigenvalue weighted by Crippen LogP contribution is -2.42. The second-order valence-corrected chi connectivity index (χ2v) is 9.85. The molecule has 35 heavy (non-hydrogen) atoms. The molecule has 1 unspecified atom stereocenters. The maximum Gasteiger partial charge on any atom is 0.329 e. The van der Waals surface area contributed by atoms with Gasteiger partial charge in [-0.15, -0.1) is 0 Å². The first-order chi connectivity index (χ1) is 16.3. The summed E-state index contributed by atoms with van der Waals surface area (Å²) in [6.07, 6.45) is -0.0351. The van der Waals surface area contributed by atoms with Gasteiger partial charge >= 0.3 is 5.97 Å². The minimum atomic E-state index is -0.964. The molecule has 0 heterocycles. The number of rotatable bonds is 9. The third-order valence-electron chi connectivity index (χ3n) is 4.69. The molecule has 0 saturated carbocycles. The normalized spacial score (nSPS) is 12.0. The number of amides is 1. The molecule has 188 valence electrons. The van der Waals surface area contributed by atoms with Crippen molar-refractivity contribution in [3.63, 3.8) is 0 Å². The number of nitrogens with one attached hydrogen (secondary N) is 1. The number of halogens is 2. The monoisotopic (exact) mass is 505 g/mol. The standard InChI is InChI=1S/C26H29F2NO5S/c1-15(34-26(3,4)5)21-11-17(20-10-9-19(27)13-22(20)28)7-8-18(21)12-24(31)35-14-23(25(32)33-6)29-16(2)30/h7-11,13,23H,1,12,14H2,2-6H3,(H,29,30). The molecule has 0 aromatic heterocycles. The minimum absolute atomic E-state index is 0.00126. The minimum Gasteiger partial charge on any atom is -0.488 e. The predicted molar refractivity (Wildman–Crippen MR) is 132 cm³/mol. The van der Waals surface area contributed by atoms with Gasteiger partial charge in [0.15, 0.2) is 5.12 Å². The summed E-state index contributed by atoms with van der Waals surface area (Å²) in [7, 11) is 1.20. The number of thioether (sulfide) groups is 1. The van der Waals surface area contributed by atoms with Crippen LogP contribution in [0.25, 0.3) is 16.9 Å². The van der Waals surface area contributed by atoms with Gasteiger partial charge in [-0.1, -0.05) is 30.5 Å². The van der Waals surface area contributed by atoms with Crippen molar-refractivity contribution in [2.24, 2.45) is 0 Å². The average molecular weight is 506 g/mol. The van der Waals surface area contributed by atoms with E-state index in [1.807, 2.05) is 20.8 Å². The Bertz CT molecular complexity index is 1130. The molecular formula is C26H29F2NO5S. The molecule has 0 aliphatic heterocycles. The van der Waals surface area contributed by atoms with Crippen molar-refractivity contribution in [1.29, 1.82) is 0 Å². The summed E-state index contributed by atoms with van der Waals surface area (Å²) in [5.74, 6) is -2.19. The summed E-state index contributed by atoms with van der Waals surface area (Å²) >= 11 is 0.877. The van der Waals surface area contributed by atoms with Crippen LogP contribution in [0.3, 0.4) is 0 Å². The molecule has 2 aromatic carbocycles. The van der Waals surface area contributed by atoms with E-state index in [0.29, 0.717) is 22.4 Å². The Morgan fingerprint density at radius 1 is 1.11 bits per heavy atom. The van der Waals surface area contributed by atoms with Crippen LogP contribution in [0.2, 0.25) is 0 Å². The first-order valence-corrected chi connectivity index (χ1v) is 11.8. The lowest BCUT2D eigenvalue weighted by atomic mass is 9.96. The summed E-state index contributed by atoms with van der Waals surface area (Å²) in [5.41, 5.74) is 1.17. The number of methoxy groups -OCH3 is 1. The van der Waals surface area contributed by atoms with Crippen molar-refractivity contribution in [2.75, 3.05) is 12.9 Å². The van der Waals surface area contributed by atoms with E-state index in [-0.39, 0.29) is 22.9 Å². The Kier molecular flexibility index (Phi) is 9.59. The number of carbonyl (C=O) groups excluding carboxylic acids is 3. The van der Waals surface area contributed by atoms with E-state index < -0.39 is 35.2 Å². The summed E-state index contributed by atoms with van der Waals surface area (Å²) in [6.45, 7) is 10.8. The maximum atomic E-state index is 14.4. The maximum absolute atomic E-state index is 14.4. The molecule has 1 amide bonds. The van der Waals surface area contributed by atoms with Gasteiger partial charge in [0.25, 0.3) is 0 Å². The molecule has 9 heteroatoms. The van der Waals surface area contributed by atoms with Crippen LogP contribution in [-0.2, 0) is 30.3 Å². The van der Waals surface area contributed by atoms with Crippen molar-refractivity contribution in [1.82, 2.24) is 5.32 Å². The van der Waals surface area contributed by atoms with Crippen molar-refractivity contribution in [3.8, 4) is 11.1 Å². The molecule has 0 spiro atoms. The fourth-order valence-corrected chi connectivity index (χ4v) is 4.07. The summed E-state index contributed by atoms with van der Waals surface area (Å²) in [6, 6.07) is 7.28. The van der Waals surface area contributed by atoms with Gasteiger partial charge in [0, 0.05) is 36.3 Å². The van der Waals surface area contributed by atoms with Crippen LogP contribution in [0.4, 0.5) is 8.78 Å². The predicted octanol–water partition coefficient (Wildman–Crippen LogP) is 4.90. The topological polar surface area (TPSA) is 81.7 Å². The van der Waals surface area contributed by atoms with E-state index in [0.717, 1.165) is 17.8 Å². The Morgan fingerprint density at radius 3 is 2.37 bits per heavy atom. The van der Waals surface area contributed by atoms with E-state index in [2.05, 4.69) is 16.6 Å². The van der Waals surface area contributed by atoms with Crippen molar-refractivity contribution in [3.05, 3.63) is 65.7 Å². The van der Waals surface area contributed by atoms with Crippen molar-refractivity contribution >= 4 is 34.5 Å². The number of hydrogen-bond acceptors (Lipinski definition) is 6. The number of ether oxygens (including phenoxy) is 2. The molecule has 1 atom stereocenters. The van der Waals surface area contributed by atoms with Gasteiger partial charge in [-0.3, -0.25) is 9.59 Å². The van der Waals surface area contributed by atoms with Gasteiger partial charge in [0.2, 0.25) is 5.91 Å². The third kappa shape index (κ3) is 8.51. The number of hydrogen-bond donors (Lipinski definition) is 1. The molecule has 0 aliphatic carbocycles. The van der Waals surface area contributed by atoms with Crippen LogP contribution >= 0.6 is 11.8 Å². The fourth-order valence-electron chi connectivity index (χ4n) is 3.24. The zero-order valence-electron chi connectivity index (χ0n) is 20.4. The van der Waals surface area contributed by atoms with Gasteiger partial charge in [-0.2, -0.15) is 0 Å². The number of benzene rings is 2. The second kappa shape index (κ2) is 12.0. The molecule has 2 aromatic rings. The quantitative estimate of drug-likeness (QED) is 0.386. The number of esters is 1. The van der Waals surface area contributed by atoms with E-state index in [9.17, 15) is 23.2 Å². The van der Waals surface area contributed by atoms with Crippen LogP contribution in [0.1, 0.15) is 38.8 Å². The fraction of sp³-hybridized carbons (Fsp3) is 0.346. The lowest BCUT2D eigenvalue weighted by Gasteiger charge is -2.24. The highest BCUT2D eigenvalue weighted by molar-refractivity contribution is 8.13. The first-order valence-electron chi connectivity index (χ1n) is 10.8. The van der Waals surface area contributed by atoms with E-state index >= 15 is 0 Å². The molecule has 0 saturated heterocycles. The average Bonchev–Trinajstić information content (AvgIpc) is 2.75. The second-order valence-electron chi connectivity index (χ2n) is 8.77. The Morgan fingerprint density at radius 2 is 1.80 bits per heavy atom. The van der Waals surface area contributed by atoms with Gasteiger partial charge in [0.1, 0.15) is 29.0 Å².